The van der Waals surface area contributed by atoms with E-state index in [1.54, 1.807) is 41.3 Å². The molecule has 3 heterocycles. The third kappa shape index (κ3) is 4.49. The van der Waals surface area contributed by atoms with Crippen LogP contribution in [-0.4, -0.2) is 60.2 Å². The number of carbonyl (C=O) groups excluding carboxylic acids is 3. The number of rotatable bonds is 6. The van der Waals surface area contributed by atoms with Crippen LogP contribution in [0.3, 0.4) is 0 Å². The molecule has 6 nitrogen and oxygen atoms in total. The number of halogens is 3. The van der Waals surface area contributed by atoms with Gasteiger partial charge >= 0.3 is 0 Å². The van der Waals surface area contributed by atoms with Crippen LogP contribution in [0.4, 0.5) is 14.5 Å². The summed E-state index contributed by atoms with van der Waals surface area (Å²) in [5.41, 5.74) is 1.99. The van der Waals surface area contributed by atoms with Gasteiger partial charge in [-0.25, -0.2) is 8.78 Å². The summed E-state index contributed by atoms with van der Waals surface area (Å²) < 4.78 is 28.4. The quantitative estimate of drug-likeness (QED) is 0.286. The van der Waals surface area contributed by atoms with Crippen molar-refractivity contribution in [3.05, 3.63) is 99.6 Å². The summed E-state index contributed by atoms with van der Waals surface area (Å²) in [4.78, 5) is 43.8. The number of hydrogen-bond donors (Lipinski definition) is 0. The number of hydrogen-bond acceptors (Lipinski definition) is 4. The van der Waals surface area contributed by atoms with Gasteiger partial charge < -0.3 is 9.80 Å². The first-order chi connectivity index (χ1) is 19.3. The van der Waals surface area contributed by atoms with Crippen LogP contribution in [0.1, 0.15) is 62.3 Å². The van der Waals surface area contributed by atoms with Crippen molar-refractivity contribution in [3.8, 4) is 0 Å². The topological polar surface area (TPSA) is 60.9 Å². The van der Waals surface area contributed by atoms with Crippen LogP contribution in [0.2, 0.25) is 5.02 Å². The van der Waals surface area contributed by atoms with Gasteiger partial charge in [-0.05, 0) is 93.3 Å². The summed E-state index contributed by atoms with van der Waals surface area (Å²) in [5.74, 6) is -3.20. The van der Waals surface area contributed by atoms with E-state index < -0.39 is 17.5 Å². The summed E-state index contributed by atoms with van der Waals surface area (Å²) in [5, 5.41) is 0.569. The molecule has 0 bridgehead atoms. The van der Waals surface area contributed by atoms with E-state index in [1.165, 1.54) is 17.0 Å². The molecule has 0 aliphatic carbocycles. The first-order valence-corrected chi connectivity index (χ1v) is 13.9. The molecule has 3 amide bonds. The molecule has 40 heavy (non-hydrogen) atoms. The normalized spacial score (nSPS) is 18.0. The second-order valence-electron chi connectivity index (χ2n) is 10.8. The minimum absolute atomic E-state index is 0.226. The monoisotopic (exact) mass is 563 g/mol. The Hall–Kier alpha value is -3.62. The molecule has 0 atom stereocenters. The highest BCUT2D eigenvalue weighted by Gasteiger charge is 2.47. The van der Waals surface area contributed by atoms with Crippen molar-refractivity contribution in [2.45, 2.75) is 31.1 Å². The maximum absolute atomic E-state index is 14.5. The summed E-state index contributed by atoms with van der Waals surface area (Å²) in [6.07, 6.45) is 3.13. The number of benzene rings is 3. The van der Waals surface area contributed by atoms with E-state index in [9.17, 15) is 23.2 Å². The third-order valence-corrected chi connectivity index (χ3v) is 8.74. The second-order valence-corrected chi connectivity index (χ2v) is 11.2. The lowest BCUT2D eigenvalue weighted by molar-refractivity contribution is 0.0649. The highest BCUT2D eigenvalue weighted by molar-refractivity contribution is 6.30. The van der Waals surface area contributed by atoms with Crippen molar-refractivity contribution in [2.75, 3.05) is 37.6 Å². The molecule has 0 saturated carbocycles. The molecule has 1 saturated heterocycles. The van der Waals surface area contributed by atoms with Crippen molar-refractivity contribution in [1.82, 2.24) is 9.80 Å². The Bertz CT molecular complexity index is 1480. The molecular weight excluding hydrogens is 536 g/mol. The van der Waals surface area contributed by atoms with Gasteiger partial charge in [-0.1, -0.05) is 29.8 Å². The Morgan fingerprint density at radius 3 is 2.25 bits per heavy atom. The van der Waals surface area contributed by atoms with E-state index in [0.29, 0.717) is 41.3 Å². The van der Waals surface area contributed by atoms with E-state index in [-0.39, 0.29) is 22.8 Å². The molecule has 206 valence electrons. The zero-order chi connectivity index (χ0) is 28.0. The number of imide groups is 1. The first-order valence-electron chi connectivity index (χ1n) is 13.5. The fourth-order valence-electron chi connectivity index (χ4n) is 6.32. The number of carbonyl (C=O) groups is 3. The lowest BCUT2D eigenvalue weighted by atomic mass is 9.74. The molecule has 9 heteroatoms. The fraction of sp³-hybridized carbons (Fsp3) is 0.323. The van der Waals surface area contributed by atoms with Gasteiger partial charge in [0.1, 0.15) is 0 Å². The van der Waals surface area contributed by atoms with E-state index >= 15 is 0 Å². The molecule has 3 aromatic rings. The minimum Gasteiger partial charge on any atom is -0.307 e. The summed E-state index contributed by atoms with van der Waals surface area (Å²) >= 11 is 6.36. The summed E-state index contributed by atoms with van der Waals surface area (Å²) in [6.45, 7) is 3.21. The Kier molecular flexibility index (Phi) is 6.92. The van der Waals surface area contributed by atoms with E-state index in [4.69, 9.17) is 11.6 Å². The minimum atomic E-state index is -1.14. The molecule has 3 aliphatic heterocycles. The number of nitrogens with zero attached hydrogens (tertiary/aromatic N) is 3. The highest BCUT2D eigenvalue weighted by atomic mass is 35.5. The maximum Gasteiger partial charge on any atom is 0.261 e. The Morgan fingerprint density at radius 2 is 1.55 bits per heavy atom. The van der Waals surface area contributed by atoms with E-state index in [1.807, 2.05) is 6.07 Å². The zero-order valence-electron chi connectivity index (χ0n) is 21.8. The predicted octanol–water partition coefficient (Wildman–Crippen LogP) is 5.69. The van der Waals surface area contributed by atoms with Crippen LogP contribution in [0, 0.1) is 11.6 Å². The molecule has 3 aromatic carbocycles. The van der Waals surface area contributed by atoms with Gasteiger partial charge in [0.25, 0.3) is 17.7 Å². The number of fused-ring (bicyclic) bond motifs is 3. The number of piperidine rings is 1. The molecule has 0 aromatic heterocycles. The highest BCUT2D eigenvalue weighted by Crippen LogP contribution is 2.48. The SMILES string of the molecule is O=C1c2ccccc2C(=O)N1CCCCN1CCC2(CC1)CN(C(=O)c1cccc(F)c1F)c1ccc(Cl)cc12. The van der Waals surface area contributed by atoms with Crippen LogP contribution < -0.4 is 4.90 Å². The van der Waals surface area contributed by atoms with Crippen LogP contribution >= 0.6 is 11.6 Å². The van der Waals surface area contributed by atoms with Gasteiger partial charge in [0.05, 0.1) is 16.7 Å². The fourth-order valence-corrected chi connectivity index (χ4v) is 6.49. The number of likely N-dealkylation sites (tertiary alicyclic amines) is 1. The van der Waals surface area contributed by atoms with Gasteiger partial charge in [0, 0.05) is 29.2 Å². The Labute approximate surface area is 236 Å². The second kappa shape index (κ2) is 10.4. The van der Waals surface area contributed by atoms with Crippen molar-refractivity contribution in [2.24, 2.45) is 0 Å². The van der Waals surface area contributed by atoms with Gasteiger partial charge in [0.15, 0.2) is 11.6 Å². The smallest absolute Gasteiger partial charge is 0.261 e. The van der Waals surface area contributed by atoms with E-state index in [2.05, 4.69) is 4.90 Å². The zero-order valence-corrected chi connectivity index (χ0v) is 22.6. The van der Waals surface area contributed by atoms with Crippen molar-refractivity contribution >= 4 is 35.0 Å². The van der Waals surface area contributed by atoms with Gasteiger partial charge in [-0.15, -0.1) is 0 Å². The number of unbranched alkanes of at least 4 members (excludes halogenated alkanes) is 1. The molecule has 0 unspecified atom stereocenters. The average molecular weight is 564 g/mol. The molecule has 3 aliphatic rings. The van der Waals surface area contributed by atoms with Crippen LogP contribution in [0.5, 0.6) is 0 Å². The Morgan fingerprint density at radius 1 is 0.875 bits per heavy atom. The van der Waals surface area contributed by atoms with Crippen molar-refractivity contribution in [1.29, 1.82) is 0 Å². The molecule has 0 N–H and O–H groups in total. The lowest BCUT2D eigenvalue weighted by Crippen LogP contribution is -2.46. The van der Waals surface area contributed by atoms with Crippen LogP contribution in [0.25, 0.3) is 0 Å². The molecular formula is C31H28ClF2N3O3. The number of amides is 3. The average Bonchev–Trinajstić information content (AvgIpc) is 3.40. The molecule has 0 radical (unpaired) electrons. The van der Waals surface area contributed by atoms with Gasteiger partial charge in [-0.2, -0.15) is 0 Å². The first kappa shape index (κ1) is 26.6. The van der Waals surface area contributed by atoms with E-state index in [0.717, 1.165) is 50.5 Å². The predicted molar refractivity (Wildman–Crippen MR) is 148 cm³/mol. The van der Waals surface area contributed by atoms with Crippen LogP contribution in [0.15, 0.2) is 60.7 Å². The van der Waals surface area contributed by atoms with Gasteiger partial charge in [-0.3, -0.25) is 19.3 Å². The summed E-state index contributed by atoms with van der Waals surface area (Å²) in [6, 6.07) is 16.0. The maximum atomic E-state index is 14.5. The van der Waals surface area contributed by atoms with Crippen molar-refractivity contribution < 1.29 is 23.2 Å². The molecule has 6 rings (SSSR count). The van der Waals surface area contributed by atoms with Gasteiger partial charge in [0.2, 0.25) is 0 Å². The number of anilines is 1. The van der Waals surface area contributed by atoms with Crippen molar-refractivity contribution in [3.63, 3.8) is 0 Å². The van der Waals surface area contributed by atoms with Crippen LogP contribution in [-0.2, 0) is 5.41 Å². The lowest BCUT2D eigenvalue weighted by Gasteiger charge is -2.40. The largest absolute Gasteiger partial charge is 0.307 e. The molecule has 1 fully saturated rings. The standard InChI is InChI=1S/C31H28ClF2N3O3/c32-20-10-11-26-24(18-20)31(19-37(26)30(40)23-8-5-9-25(33)27(23)34)12-16-35(17-13-31)14-3-4-15-36-28(38)21-6-1-2-7-22(21)29(36)39/h1-2,5-11,18H,3-4,12-17,19H2. The molecule has 1 spiro atoms. The summed E-state index contributed by atoms with van der Waals surface area (Å²) in [7, 11) is 0. The third-order valence-electron chi connectivity index (χ3n) is 8.51. The Balaban J connectivity index is 1.08.